The molecule has 4 nitrogen and oxygen atoms in total. The Morgan fingerprint density at radius 1 is 1.61 bits per heavy atom. The van der Waals surface area contributed by atoms with Crippen LogP contribution in [0.1, 0.15) is 24.7 Å². The second-order valence-electron chi connectivity index (χ2n) is 4.88. The fraction of sp³-hybridized carbons (Fsp3) is 0.769. The van der Waals surface area contributed by atoms with Gasteiger partial charge >= 0.3 is 0 Å². The molecule has 1 aliphatic heterocycles. The van der Waals surface area contributed by atoms with Gasteiger partial charge in [0.05, 0.1) is 23.0 Å². The van der Waals surface area contributed by atoms with Gasteiger partial charge in [0.25, 0.3) is 0 Å². The maximum absolute atomic E-state index is 6.36. The Balaban J connectivity index is 2.15. The van der Waals surface area contributed by atoms with Crippen molar-refractivity contribution in [3.05, 3.63) is 16.4 Å². The van der Waals surface area contributed by atoms with Crippen molar-refractivity contribution < 1.29 is 4.74 Å². The molecule has 0 spiro atoms. The summed E-state index contributed by atoms with van der Waals surface area (Å²) in [5, 5.41) is 8.68. The van der Waals surface area contributed by atoms with E-state index in [9.17, 15) is 0 Å². The van der Waals surface area contributed by atoms with Crippen molar-refractivity contribution in [1.82, 2.24) is 15.1 Å². The second-order valence-corrected chi connectivity index (χ2v) is 5.26. The second kappa shape index (κ2) is 6.04. The molecule has 0 radical (unpaired) electrons. The van der Waals surface area contributed by atoms with Crippen molar-refractivity contribution in [1.29, 1.82) is 0 Å². The van der Waals surface area contributed by atoms with Crippen LogP contribution in [0.5, 0.6) is 0 Å². The molecule has 2 atom stereocenters. The first kappa shape index (κ1) is 13.8. The van der Waals surface area contributed by atoms with Crippen LogP contribution in [-0.4, -0.2) is 36.1 Å². The zero-order valence-electron chi connectivity index (χ0n) is 11.4. The molecule has 0 aliphatic carbocycles. The number of hydrogen-bond acceptors (Lipinski definition) is 3. The maximum atomic E-state index is 6.36. The van der Waals surface area contributed by atoms with Gasteiger partial charge in [0.1, 0.15) is 0 Å². The van der Waals surface area contributed by atoms with Crippen LogP contribution < -0.4 is 5.32 Å². The molecule has 1 aliphatic rings. The molecule has 1 aromatic rings. The molecule has 2 rings (SSSR count). The molecule has 2 heterocycles. The number of likely N-dealkylation sites (N-methyl/N-ethyl adjacent to an activating group) is 1. The van der Waals surface area contributed by atoms with Crippen LogP contribution in [0.2, 0.25) is 5.02 Å². The third-order valence-corrected chi connectivity index (χ3v) is 4.26. The lowest BCUT2D eigenvalue weighted by molar-refractivity contribution is 0.177. The first-order valence-corrected chi connectivity index (χ1v) is 7.02. The van der Waals surface area contributed by atoms with Gasteiger partial charge in [0, 0.05) is 31.5 Å². The number of hydrogen-bond donors (Lipinski definition) is 1. The van der Waals surface area contributed by atoms with Gasteiger partial charge in [-0.05, 0) is 27.3 Å². The van der Waals surface area contributed by atoms with E-state index >= 15 is 0 Å². The summed E-state index contributed by atoms with van der Waals surface area (Å²) in [6.07, 6.45) is 2.04. The minimum atomic E-state index is 0.409. The number of aryl methyl sites for hydroxylation is 2. The van der Waals surface area contributed by atoms with Gasteiger partial charge in [-0.2, -0.15) is 5.10 Å². The minimum Gasteiger partial charge on any atom is -0.381 e. The first-order chi connectivity index (χ1) is 8.67. The normalized spacial score (nSPS) is 21.4. The Morgan fingerprint density at radius 2 is 2.39 bits per heavy atom. The SMILES string of the molecule is CCn1nc(C)c(Cl)c1CC(NC)C1CCOC1. The zero-order valence-corrected chi connectivity index (χ0v) is 12.1. The predicted molar refractivity (Wildman–Crippen MR) is 73.1 cm³/mol. The average molecular weight is 272 g/mol. The topological polar surface area (TPSA) is 39.1 Å². The molecule has 1 saturated heterocycles. The number of ether oxygens (including phenoxy) is 1. The largest absolute Gasteiger partial charge is 0.381 e. The summed E-state index contributed by atoms with van der Waals surface area (Å²) < 4.78 is 7.49. The Labute approximate surface area is 114 Å². The Morgan fingerprint density at radius 3 is 2.94 bits per heavy atom. The smallest absolute Gasteiger partial charge is 0.0847 e. The van der Waals surface area contributed by atoms with Crippen molar-refractivity contribution in [2.45, 2.75) is 39.3 Å². The fourth-order valence-corrected chi connectivity index (χ4v) is 2.86. The molecule has 0 saturated carbocycles. The van der Waals surface area contributed by atoms with E-state index < -0.39 is 0 Å². The molecule has 5 heteroatoms. The molecule has 0 bridgehead atoms. The van der Waals surface area contributed by atoms with Crippen molar-refractivity contribution >= 4 is 11.6 Å². The summed E-state index contributed by atoms with van der Waals surface area (Å²) in [6.45, 7) is 6.65. The quantitative estimate of drug-likeness (QED) is 0.891. The van der Waals surface area contributed by atoms with E-state index in [0.717, 1.165) is 49.0 Å². The molecule has 102 valence electrons. The van der Waals surface area contributed by atoms with Crippen molar-refractivity contribution in [3.8, 4) is 0 Å². The van der Waals surface area contributed by atoms with Crippen LogP contribution in [0.3, 0.4) is 0 Å². The fourth-order valence-electron chi connectivity index (χ4n) is 2.65. The predicted octanol–water partition coefficient (Wildman–Crippen LogP) is 2.03. The third kappa shape index (κ3) is 2.71. The van der Waals surface area contributed by atoms with Gasteiger partial charge in [0.2, 0.25) is 0 Å². The molecular weight excluding hydrogens is 250 g/mol. The number of nitrogens with zero attached hydrogens (tertiary/aromatic N) is 2. The first-order valence-electron chi connectivity index (χ1n) is 6.64. The molecule has 1 aromatic heterocycles. The molecular formula is C13H22ClN3O. The number of rotatable bonds is 5. The number of aromatic nitrogens is 2. The van der Waals surface area contributed by atoms with Crippen molar-refractivity contribution in [3.63, 3.8) is 0 Å². The highest BCUT2D eigenvalue weighted by Crippen LogP contribution is 2.25. The van der Waals surface area contributed by atoms with E-state index in [1.54, 1.807) is 0 Å². The lowest BCUT2D eigenvalue weighted by atomic mass is 9.95. The molecule has 18 heavy (non-hydrogen) atoms. The molecule has 1 fully saturated rings. The van der Waals surface area contributed by atoms with Crippen molar-refractivity contribution in [2.24, 2.45) is 5.92 Å². The summed E-state index contributed by atoms with van der Waals surface area (Å²) in [7, 11) is 2.01. The van der Waals surface area contributed by atoms with E-state index in [1.165, 1.54) is 0 Å². The summed E-state index contributed by atoms with van der Waals surface area (Å²) in [6, 6.07) is 0.409. The average Bonchev–Trinajstić information content (AvgIpc) is 2.98. The highest BCUT2D eigenvalue weighted by molar-refractivity contribution is 6.31. The maximum Gasteiger partial charge on any atom is 0.0847 e. The Bertz CT molecular complexity index is 399. The van der Waals surface area contributed by atoms with E-state index in [0.29, 0.717) is 12.0 Å². The summed E-state index contributed by atoms with van der Waals surface area (Å²) in [5.41, 5.74) is 2.06. The molecule has 0 aromatic carbocycles. The van der Waals surface area contributed by atoms with E-state index in [2.05, 4.69) is 17.3 Å². The van der Waals surface area contributed by atoms with Gasteiger partial charge in [-0.15, -0.1) is 0 Å². The van der Waals surface area contributed by atoms with Gasteiger partial charge < -0.3 is 10.1 Å². The van der Waals surface area contributed by atoms with Crippen LogP contribution in [0.25, 0.3) is 0 Å². The minimum absolute atomic E-state index is 0.409. The summed E-state index contributed by atoms with van der Waals surface area (Å²) in [4.78, 5) is 0. The Kier molecular flexibility index (Phi) is 4.65. The van der Waals surface area contributed by atoms with E-state index in [4.69, 9.17) is 16.3 Å². The van der Waals surface area contributed by atoms with Crippen LogP contribution >= 0.6 is 11.6 Å². The number of nitrogens with one attached hydrogen (secondary N) is 1. The van der Waals surface area contributed by atoms with Gasteiger partial charge in [0.15, 0.2) is 0 Å². The van der Waals surface area contributed by atoms with Crippen molar-refractivity contribution in [2.75, 3.05) is 20.3 Å². The van der Waals surface area contributed by atoms with E-state index in [1.807, 2.05) is 18.7 Å². The monoisotopic (exact) mass is 271 g/mol. The highest BCUT2D eigenvalue weighted by atomic mass is 35.5. The molecule has 0 amide bonds. The standard InChI is InChI=1S/C13H22ClN3O/c1-4-17-12(13(14)9(2)16-17)7-11(15-3)10-5-6-18-8-10/h10-11,15H,4-8H2,1-3H3. The highest BCUT2D eigenvalue weighted by Gasteiger charge is 2.27. The van der Waals surface area contributed by atoms with Crippen LogP contribution in [0.15, 0.2) is 0 Å². The lowest BCUT2D eigenvalue weighted by Crippen LogP contribution is -2.36. The number of halogens is 1. The molecule has 2 unspecified atom stereocenters. The summed E-state index contributed by atoms with van der Waals surface area (Å²) in [5.74, 6) is 0.576. The lowest BCUT2D eigenvalue weighted by Gasteiger charge is -2.22. The summed E-state index contributed by atoms with van der Waals surface area (Å²) >= 11 is 6.36. The van der Waals surface area contributed by atoms with Gasteiger partial charge in [-0.3, -0.25) is 4.68 Å². The zero-order chi connectivity index (χ0) is 13.1. The van der Waals surface area contributed by atoms with Crippen LogP contribution in [-0.2, 0) is 17.7 Å². The van der Waals surface area contributed by atoms with Crippen LogP contribution in [0, 0.1) is 12.8 Å². The third-order valence-electron chi connectivity index (χ3n) is 3.77. The van der Waals surface area contributed by atoms with Crippen LogP contribution in [0.4, 0.5) is 0 Å². The van der Waals surface area contributed by atoms with Gasteiger partial charge in [-0.1, -0.05) is 11.6 Å². The van der Waals surface area contributed by atoms with E-state index in [-0.39, 0.29) is 0 Å². The Hall–Kier alpha value is -0.580. The molecule has 1 N–H and O–H groups in total. The van der Waals surface area contributed by atoms with Gasteiger partial charge in [-0.25, -0.2) is 0 Å².